The van der Waals surface area contributed by atoms with Crippen LogP contribution in [-0.2, 0) is 26.2 Å². The molecule has 0 heterocycles. The lowest BCUT2D eigenvalue weighted by atomic mass is 10.1. The van der Waals surface area contributed by atoms with Crippen molar-refractivity contribution in [3.8, 4) is 0 Å². The minimum absolute atomic E-state index is 0.00447. The van der Waals surface area contributed by atoms with Gasteiger partial charge in [-0.1, -0.05) is 60.8 Å². The largest absolute Gasteiger partial charge is 0.352 e. The molecule has 1 aliphatic rings. The zero-order valence-corrected chi connectivity index (χ0v) is 24.1. The second kappa shape index (κ2) is 12.8. The number of carbonyl (C=O) groups is 2. The summed E-state index contributed by atoms with van der Waals surface area (Å²) in [5.41, 5.74) is 1.04. The summed E-state index contributed by atoms with van der Waals surface area (Å²) in [7, 11) is -4.20. The van der Waals surface area contributed by atoms with Crippen LogP contribution in [0.3, 0.4) is 0 Å². The maximum atomic E-state index is 14.7. The number of nitrogens with zero attached hydrogens (tertiary/aromatic N) is 2. The predicted octanol–water partition coefficient (Wildman–Crippen LogP) is 5.46. The molecule has 10 heteroatoms. The van der Waals surface area contributed by atoms with Gasteiger partial charge in [0.05, 0.1) is 10.6 Å². The zero-order chi connectivity index (χ0) is 28.9. The quantitative estimate of drug-likeness (QED) is 0.342. The number of rotatable bonds is 10. The molecule has 1 fully saturated rings. The number of carbonyl (C=O) groups excluding carboxylic acids is 2. The van der Waals surface area contributed by atoms with Gasteiger partial charge >= 0.3 is 0 Å². The first-order valence-corrected chi connectivity index (χ1v) is 15.1. The third-order valence-electron chi connectivity index (χ3n) is 7.20. The molecule has 3 aromatic rings. The first-order valence-electron chi connectivity index (χ1n) is 13.2. The number of anilines is 1. The van der Waals surface area contributed by atoms with Crippen LogP contribution in [0.2, 0.25) is 5.02 Å². The minimum Gasteiger partial charge on any atom is -0.352 e. The molecule has 2 amide bonds. The van der Waals surface area contributed by atoms with Crippen LogP contribution in [0, 0.1) is 12.7 Å². The summed E-state index contributed by atoms with van der Waals surface area (Å²) in [6.07, 6.45) is 3.76. The highest BCUT2D eigenvalue weighted by atomic mass is 35.5. The molecule has 3 aromatic carbocycles. The van der Waals surface area contributed by atoms with Crippen molar-refractivity contribution in [2.45, 2.75) is 63.1 Å². The van der Waals surface area contributed by atoms with Gasteiger partial charge in [0.25, 0.3) is 10.0 Å². The molecule has 1 saturated carbocycles. The maximum Gasteiger partial charge on any atom is 0.264 e. The lowest BCUT2D eigenvalue weighted by molar-refractivity contribution is -0.139. The van der Waals surface area contributed by atoms with Gasteiger partial charge in [0.15, 0.2) is 0 Å². The Morgan fingerprint density at radius 3 is 2.33 bits per heavy atom. The fourth-order valence-electron chi connectivity index (χ4n) is 4.92. The van der Waals surface area contributed by atoms with E-state index in [0.29, 0.717) is 10.6 Å². The number of benzene rings is 3. The van der Waals surface area contributed by atoms with Crippen LogP contribution in [0.15, 0.2) is 77.7 Å². The van der Waals surface area contributed by atoms with Crippen molar-refractivity contribution in [3.05, 3.63) is 94.8 Å². The van der Waals surface area contributed by atoms with Crippen LogP contribution in [0.1, 0.15) is 43.7 Å². The summed E-state index contributed by atoms with van der Waals surface area (Å²) in [5.74, 6) is -1.53. The smallest absolute Gasteiger partial charge is 0.264 e. The molecule has 0 saturated heterocycles. The van der Waals surface area contributed by atoms with Gasteiger partial charge in [-0.3, -0.25) is 13.9 Å². The molecular weight excluding hydrogens is 553 g/mol. The third-order valence-corrected chi connectivity index (χ3v) is 9.21. The molecule has 1 aliphatic carbocycles. The Kier molecular flexibility index (Phi) is 9.48. The molecule has 212 valence electrons. The molecule has 0 bridgehead atoms. The normalized spacial score (nSPS) is 14.5. The van der Waals surface area contributed by atoms with Gasteiger partial charge in [-0.15, -0.1) is 0 Å². The van der Waals surface area contributed by atoms with Crippen molar-refractivity contribution < 1.29 is 22.4 Å². The number of amides is 2. The van der Waals surface area contributed by atoms with Crippen molar-refractivity contribution >= 4 is 39.1 Å². The lowest BCUT2D eigenvalue weighted by Crippen LogP contribution is -2.52. The number of halogens is 2. The van der Waals surface area contributed by atoms with Gasteiger partial charge in [-0.05, 0) is 68.7 Å². The van der Waals surface area contributed by atoms with Crippen molar-refractivity contribution in [1.29, 1.82) is 0 Å². The molecule has 1 N–H and O–H groups in total. The monoisotopic (exact) mass is 585 g/mol. The summed E-state index contributed by atoms with van der Waals surface area (Å²) in [6.45, 7) is 2.47. The van der Waals surface area contributed by atoms with Crippen LogP contribution in [0.4, 0.5) is 10.1 Å². The lowest BCUT2D eigenvalue weighted by Gasteiger charge is -2.33. The highest BCUT2D eigenvalue weighted by Gasteiger charge is 2.34. The Hall–Kier alpha value is -3.43. The van der Waals surface area contributed by atoms with E-state index < -0.39 is 34.3 Å². The number of hydrogen-bond acceptors (Lipinski definition) is 4. The highest BCUT2D eigenvalue weighted by Crippen LogP contribution is 2.29. The number of nitrogens with one attached hydrogen (secondary N) is 1. The Labute approximate surface area is 240 Å². The summed E-state index contributed by atoms with van der Waals surface area (Å²) < 4.78 is 43.4. The second-order valence-electron chi connectivity index (χ2n) is 10.0. The summed E-state index contributed by atoms with van der Waals surface area (Å²) >= 11 is 6.14. The Morgan fingerprint density at radius 1 is 1.02 bits per heavy atom. The Balaban J connectivity index is 1.71. The minimum atomic E-state index is -4.20. The average molecular weight is 586 g/mol. The standard InChI is InChI=1S/C30H33ClFN3O4S/c1-21-18-24(31)16-17-28(21)35(40(38,39)26-13-4-3-5-14-26)20-29(36)34(19-23-10-6-9-15-27(23)32)22(2)30(37)33-25-11-7-8-12-25/h3-6,9-10,13-18,22,25H,7-8,11-12,19-20H2,1-2H3,(H,33,37)/t22-/m1/s1. The van der Waals surface area contributed by atoms with E-state index >= 15 is 0 Å². The van der Waals surface area contributed by atoms with E-state index in [1.807, 2.05) is 0 Å². The Bertz CT molecular complexity index is 1460. The van der Waals surface area contributed by atoms with E-state index in [-0.39, 0.29) is 34.6 Å². The van der Waals surface area contributed by atoms with E-state index in [9.17, 15) is 22.4 Å². The topological polar surface area (TPSA) is 86.8 Å². The first kappa shape index (κ1) is 29.6. The summed E-state index contributed by atoms with van der Waals surface area (Å²) in [6, 6.07) is 17.6. The fourth-order valence-corrected chi connectivity index (χ4v) is 6.64. The first-order chi connectivity index (χ1) is 19.1. The third kappa shape index (κ3) is 6.82. The SMILES string of the molecule is Cc1cc(Cl)ccc1N(CC(=O)N(Cc1ccccc1F)[C@H](C)C(=O)NC1CCCC1)S(=O)(=O)c1ccccc1. The van der Waals surface area contributed by atoms with Gasteiger partial charge in [0.1, 0.15) is 18.4 Å². The van der Waals surface area contributed by atoms with Crippen molar-refractivity contribution in [3.63, 3.8) is 0 Å². The van der Waals surface area contributed by atoms with Crippen LogP contribution in [0.25, 0.3) is 0 Å². The number of hydrogen-bond donors (Lipinski definition) is 1. The van der Waals surface area contributed by atoms with Crippen molar-refractivity contribution in [2.24, 2.45) is 0 Å². The molecule has 40 heavy (non-hydrogen) atoms. The number of sulfonamides is 1. The van der Waals surface area contributed by atoms with Crippen molar-refractivity contribution in [1.82, 2.24) is 10.2 Å². The maximum absolute atomic E-state index is 14.7. The zero-order valence-electron chi connectivity index (χ0n) is 22.5. The van der Waals surface area contributed by atoms with Gasteiger partial charge < -0.3 is 10.2 Å². The molecule has 1 atom stereocenters. The van der Waals surface area contributed by atoms with Gasteiger partial charge in [0, 0.05) is 23.2 Å². The van der Waals surface area contributed by atoms with Crippen LogP contribution in [-0.4, -0.2) is 43.8 Å². The van der Waals surface area contributed by atoms with Gasteiger partial charge in [-0.2, -0.15) is 0 Å². The van der Waals surface area contributed by atoms with E-state index in [1.54, 1.807) is 68.4 Å². The Morgan fingerprint density at radius 2 is 1.68 bits per heavy atom. The van der Waals surface area contributed by atoms with Gasteiger partial charge in [0.2, 0.25) is 11.8 Å². The molecule has 0 unspecified atom stereocenters. The van der Waals surface area contributed by atoms with Crippen molar-refractivity contribution in [2.75, 3.05) is 10.8 Å². The molecule has 0 aromatic heterocycles. The second-order valence-corrected chi connectivity index (χ2v) is 12.3. The average Bonchev–Trinajstić information content (AvgIpc) is 3.44. The van der Waals surface area contributed by atoms with E-state index in [2.05, 4.69) is 5.32 Å². The van der Waals surface area contributed by atoms with E-state index in [4.69, 9.17) is 11.6 Å². The van der Waals surface area contributed by atoms with E-state index in [0.717, 1.165) is 30.0 Å². The number of aryl methyl sites for hydroxylation is 1. The molecule has 7 nitrogen and oxygen atoms in total. The summed E-state index contributed by atoms with van der Waals surface area (Å²) in [5, 5.41) is 3.42. The van der Waals surface area contributed by atoms with Gasteiger partial charge in [-0.25, -0.2) is 12.8 Å². The predicted molar refractivity (Wildman–Crippen MR) is 154 cm³/mol. The molecule has 0 radical (unpaired) electrons. The van der Waals surface area contributed by atoms with Crippen LogP contribution in [0.5, 0.6) is 0 Å². The fraction of sp³-hybridized carbons (Fsp3) is 0.333. The molecule has 0 aliphatic heterocycles. The van der Waals surface area contributed by atoms with E-state index in [1.165, 1.54) is 23.1 Å². The molecular formula is C30H33ClFN3O4S. The van der Waals surface area contributed by atoms with Crippen LogP contribution >= 0.6 is 11.6 Å². The summed E-state index contributed by atoms with van der Waals surface area (Å²) in [4.78, 5) is 28.5. The molecule has 0 spiro atoms. The highest BCUT2D eigenvalue weighted by molar-refractivity contribution is 7.92. The van der Waals surface area contributed by atoms with Crippen LogP contribution < -0.4 is 9.62 Å². The molecule has 4 rings (SSSR count).